The molecule has 0 saturated heterocycles. The number of halogens is 1. The first-order chi connectivity index (χ1) is 8.63. The molecule has 7 heteroatoms. The van der Waals surface area contributed by atoms with Crippen LogP contribution in [0.5, 0.6) is 0 Å². The number of aromatic nitrogens is 3. The van der Waals surface area contributed by atoms with Crippen molar-refractivity contribution in [3.05, 3.63) is 28.5 Å². The smallest absolute Gasteiger partial charge is 0.375 e. The molecule has 1 aromatic carbocycles. The number of esters is 1. The number of nitrogen functional groups attached to an aromatic ring is 1. The second-order valence-corrected chi connectivity index (χ2v) is 4.28. The minimum Gasteiger partial charge on any atom is -0.460 e. The van der Waals surface area contributed by atoms with Gasteiger partial charge in [-0.15, -0.1) is 0 Å². The summed E-state index contributed by atoms with van der Waals surface area (Å²) in [6.45, 7) is 2.01. The van der Waals surface area contributed by atoms with Crippen molar-refractivity contribution in [2.45, 2.75) is 6.92 Å². The number of aromatic amines is 1. The van der Waals surface area contributed by atoms with Crippen molar-refractivity contribution in [3.8, 4) is 11.4 Å². The molecule has 2 rings (SSSR count). The molecule has 2 aromatic rings. The number of benzene rings is 1. The van der Waals surface area contributed by atoms with Gasteiger partial charge in [-0.05, 0) is 35.0 Å². The second-order valence-electron chi connectivity index (χ2n) is 3.43. The molecule has 1 heterocycles. The summed E-state index contributed by atoms with van der Waals surface area (Å²) in [7, 11) is 0. The third-order valence-corrected chi connectivity index (χ3v) is 2.94. The number of carbonyl (C=O) groups excluding carboxylic acids is 1. The number of anilines is 1. The Kier molecular flexibility index (Phi) is 3.61. The number of para-hydroxylation sites is 1. The second kappa shape index (κ2) is 5.18. The van der Waals surface area contributed by atoms with Crippen LogP contribution < -0.4 is 5.73 Å². The summed E-state index contributed by atoms with van der Waals surface area (Å²) in [5.74, 6) is -0.118. The number of rotatable bonds is 3. The largest absolute Gasteiger partial charge is 0.460 e. The Labute approximate surface area is 112 Å². The monoisotopic (exact) mass is 310 g/mol. The Balaban J connectivity index is 2.35. The van der Waals surface area contributed by atoms with Gasteiger partial charge in [0, 0.05) is 10.0 Å². The number of nitrogens with two attached hydrogens (primary N) is 1. The lowest BCUT2D eigenvalue weighted by molar-refractivity contribution is 0.0512. The summed E-state index contributed by atoms with van der Waals surface area (Å²) in [6.07, 6.45) is 0. The van der Waals surface area contributed by atoms with E-state index in [1.54, 1.807) is 13.0 Å². The summed E-state index contributed by atoms with van der Waals surface area (Å²) < 4.78 is 5.57. The van der Waals surface area contributed by atoms with Crippen molar-refractivity contribution < 1.29 is 9.53 Å². The molecule has 0 aliphatic heterocycles. The summed E-state index contributed by atoms with van der Waals surface area (Å²) in [4.78, 5) is 15.5. The van der Waals surface area contributed by atoms with E-state index in [9.17, 15) is 4.79 Å². The van der Waals surface area contributed by atoms with Gasteiger partial charge in [-0.25, -0.2) is 9.78 Å². The molecule has 0 radical (unpaired) electrons. The zero-order valence-electron chi connectivity index (χ0n) is 9.61. The van der Waals surface area contributed by atoms with E-state index in [0.717, 1.165) is 4.47 Å². The minimum atomic E-state index is -0.537. The molecule has 0 spiro atoms. The summed E-state index contributed by atoms with van der Waals surface area (Å²) in [5.41, 5.74) is 7.07. The molecule has 0 atom stereocenters. The molecule has 0 bridgehead atoms. The van der Waals surface area contributed by atoms with Gasteiger partial charge in [0.25, 0.3) is 0 Å². The average molecular weight is 311 g/mol. The molecular weight excluding hydrogens is 300 g/mol. The lowest BCUT2D eigenvalue weighted by Crippen LogP contribution is -2.06. The van der Waals surface area contributed by atoms with Crippen molar-refractivity contribution >= 4 is 27.6 Å². The number of hydrogen-bond donors (Lipinski definition) is 2. The molecule has 6 nitrogen and oxygen atoms in total. The molecule has 18 heavy (non-hydrogen) atoms. The van der Waals surface area contributed by atoms with Crippen molar-refractivity contribution in [1.82, 2.24) is 15.2 Å². The molecule has 0 unspecified atom stereocenters. The van der Waals surface area contributed by atoms with Crippen molar-refractivity contribution in [3.63, 3.8) is 0 Å². The van der Waals surface area contributed by atoms with Crippen LogP contribution in [-0.4, -0.2) is 27.8 Å². The zero-order valence-corrected chi connectivity index (χ0v) is 11.2. The van der Waals surface area contributed by atoms with Crippen LogP contribution in [0, 0.1) is 0 Å². The Morgan fingerprint density at radius 3 is 3.06 bits per heavy atom. The number of ether oxygens (including phenoxy) is 1. The summed E-state index contributed by atoms with van der Waals surface area (Å²) in [6, 6.07) is 5.41. The summed E-state index contributed by atoms with van der Waals surface area (Å²) in [5, 5.41) is 6.48. The highest BCUT2D eigenvalue weighted by Gasteiger charge is 2.15. The topological polar surface area (TPSA) is 93.9 Å². The van der Waals surface area contributed by atoms with E-state index in [0.29, 0.717) is 17.1 Å². The van der Waals surface area contributed by atoms with Gasteiger partial charge in [-0.2, -0.15) is 5.10 Å². The fourth-order valence-corrected chi connectivity index (χ4v) is 1.77. The normalized spacial score (nSPS) is 10.3. The Hall–Kier alpha value is -1.89. The maximum absolute atomic E-state index is 11.4. The average Bonchev–Trinajstić information content (AvgIpc) is 2.82. The van der Waals surface area contributed by atoms with E-state index in [2.05, 4.69) is 31.1 Å². The van der Waals surface area contributed by atoms with Gasteiger partial charge in [0.05, 0.1) is 12.3 Å². The fourth-order valence-electron chi connectivity index (χ4n) is 1.41. The fraction of sp³-hybridized carbons (Fsp3) is 0.182. The molecule has 94 valence electrons. The van der Waals surface area contributed by atoms with E-state index in [1.165, 1.54) is 0 Å². The van der Waals surface area contributed by atoms with Gasteiger partial charge in [-0.3, -0.25) is 5.10 Å². The third kappa shape index (κ3) is 2.35. The van der Waals surface area contributed by atoms with Crippen LogP contribution in [0.15, 0.2) is 22.7 Å². The van der Waals surface area contributed by atoms with Crippen LogP contribution in [0.2, 0.25) is 0 Å². The number of hydrogen-bond acceptors (Lipinski definition) is 5. The van der Waals surface area contributed by atoms with Gasteiger partial charge in [0.2, 0.25) is 5.82 Å². The van der Waals surface area contributed by atoms with Gasteiger partial charge >= 0.3 is 5.97 Å². The first-order valence-electron chi connectivity index (χ1n) is 5.27. The van der Waals surface area contributed by atoms with Gasteiger partial charge in [0.15, 0.2) is 5.82 Å². The van der Waals surface area contributed by atoms with Crippen molar-refractivity contribution in [1.29, 1.82) is 0 Å². The predicted octanol–water partition coefficient (Wildman–Crippen LogP) is 1.99. The lowest BCUT2D eigenvalue weighted by Gasteiger charge is -2.02. The number of H-pyrrole nitrogens is 1. The standard InChI is InChI=1S/C11H11BrN4O2/c1-2-18-11(17)10-14-9(15-16-10)6-4-3-5-7(12)8(6)13/h3-5H,2,13H2,1H3,(H,14,15,16). The van der Waals surface area contributed by atoms with Gasteiger partial charge in [0.1, 0.15) is 0 Å². The number of carbonyl (C=O) groups is 1. The highest BCUT2D eigenvalue weighted by atomic mass is 79.9. The van der Waals surface area contributed by atoms with E-state index >= 15 is 0 Å². The maximum atomic E-state index is 11.4. The van der Waals surface area contributed by atoms with Crippen molar-refractivity contribution in [2.75, 3.05) is 12.3 Å². The molecule has 0 fully saturated rings. The maximum Gasteiger partial charge on any atom is 0.375 e. The predicted molar refractivity (Wildman–Crippen MR) is 69.9 cm³/mol. The van der Waals surface area contributed by atoms with E-state index in [-0.39, 0.29) is 12.4 Å². The number of nitrogens with one attached hydrogen (secondary N) is 1. The molecule has 3 N–H and O–H groups in total. The first-order valence-corrected chi connectivity index (χ1v) is 6.06. The highest BCUT2D eigenvalue weighted by Crippen LogP contribution is 2.29. The molecule has 0 aliphatic carbocycles. The third-order valence-electron chi connectivity index (χ3n) is 2.25. The lowest BCUT2D eigenvalue weighted by atomic mass is 10.2. The van der Waals surface area contributed by atoms with Crippen LogP contribution in [0.4, 0.5) is 5.69 Å². The van der Waals surface area contributed by atoms with E-state index < -0.39 is 5.97 Å². The Morgan fingerprint density at radius 1 is 1.56 bits per heavy atom. The molecule has 0 aliphatic rings. The SMILES string of the molecule is CCOC(=O)c1nc(-c2cccc(Br)c2N)n[nH]1. The molecule has 0 saturated carbocycles. The summed E-state index contributed by atoms with van der Waals surface area (Å²) >= 11 is 3.32. The van der Waals surface area contributed by atoms with E-state index in [4.69, 9.17) is 10.5 Å². The van der Waals surface area contributed by atoms with Crippen LogP contribution in [0.3, 0.4) is 0 Å². The minimum absolute atomic E-state index is 0.0613. The first kappa shape index (κ1) is 12.6. The van der Waals surface area contributed by atoms with Crippen LogP contribution in [0.25, 0.3) is 11.4 Å². The van der Waals surface area contributed by atoms with Crippen LogP contribution in [0.1, 0.15) is 17.5 Å². The quantitative estimate of drug-likeness (QED) is 0.668. The molecule has 0 amide bonds. The highest BCUT2D eigenvalue weighted by molar-refractivity contribution is 9.10. The number of nitrogens with zero attached hydrogens (tertiary/aromatic N) is 2. The molecule has 1 aromatic heterocycles. The van der Waals surface area contributed by atoms with Gasteiger partial charge < -0.3 is 10.5 Å². The Bertz CT molecular complexity index is 582. The van der Waals surface area contributed by atoms with Crippen molar-refractivity contribution in [2.24, 2.45) is 0 Å². The van der Waals surface area contributed by atoms with Crippen LogP contribution in [-0.2, 0) is 4.74 Å². The van der Waals surface area contributed by atoms with Gasteiger partial charge in [-0.1, -0.05) is 6.07 Å². The molecular formula is C11H11BrN4O2. The zero-order chi connectivity index (χ0) is 13.1. The Morgan fingerprint density at radius 2 is 2.33 bits per heavy atom. The van der Waals surface area contributed by atoms with Crippen LogP contribution >= 0.6 is 15.9 Å². The van der Waals surface area contributed by atoms with E-state index in [1.807, 2.05) is 12.1 Å².